The van der Waals surface area contributed by atoms with Gasteiger partial charge in [0.15, 0.2) is 0 Å². The van der Waals surface area contributed by atoms with E-state index in [0.717, 1.165) is 46.8 Å². The number of nitrogens with one attached hydrogen (secondary N) is 1. The minimum Gasteiger partial charge on any atom is -0.486 e. The van der Waals surface area contributed by atoms with E-state index in [9.17, 15) is 8.78 Å². The first kappa shape index (κ1) is 16.4. The van der Waals surface area contributed by atoms with Gasteiger partial charge in [-0.3, -0.25) is 4.98 Å². The van der Waals surface area contributed by atoms with E-state index in [2.05, 4.69) is 16.9 Å². The van der Waals surface area contributed by atoms with E-state index in [4.69, 9.17) is 4.74 Å². The van der Waals surface area contributed by atoms with Gasteiger partial charge in [-0.15, -0.1) is 0 Å². The van der Waals surface area contributed by atoms with E-state index >= 15 is 0 Å². The zero-order valence-corrected chi connectivity index (χ0v) is 14.0. The third-order valence-corrected chi connectivity index (χ3v) is 4.16. The molecule has 0 aliphatic heterocycles. The van der Waals surface area contributed by atoms with Gasteiger partial charge >= 0.3 is 0 Å². The first-order valence-electron chi connectivity index (χ1n) is 8.04. The third kappa shape index (κ3) is 3.11. The lowest BCUT2D eigenvalue weighted by atomic mass is 10.1. The van der Waals surface area contributed by atoms with Crippen molar-refractivity contribution in [1.82, 2.24) is 9.97 Å². The van der Waals surface area contributed by atoms with Crippen LogP contribution in [0.3, 0.4) is 0 Å². The molecular formula is C19H20F2N2O. The molecule has 5 heteroatoms. The summed E-state index contributed by atoms with van der Waals surface area (Å²) in [7, 11) is 0. The van der Waals surface area contributed by atoms with E-state index in [1.807, 2.05) is 20.0 Å². The molecule has 2 aromatic heterocycles. The van der Waals surface area contributed by atoms with Gasteiger partial charge < -0.3 is 9.72 Å². The van der Waals surface area contributed by atoms with Crippen LogP contribution in [0.25, 0.3) is 11.0 Å². The van der Waals surface area contributed by atoms with Gasteiger partial charge in [-0.25, -0.2) is 8.78 Å². The van der Waals surface area contributed by atoms with Gasteiger partial charge in [-0.1, -0.05) is 13.3 Å². The van der Waals surface area contributed by atoms with Crippen LogP contribution < -0.4 is 4.74 Å². The fourth-order valence-electron chi connectivity index (χ4n) is 2.85. The van der Waals surface area contributed by atoms with E-state index in [-0.39, 0.29) is 6.61 Å². The Hall–Kier alpha value is -2.43. The summed E-state index contributed by atoms with van der Waals surface area (Å²) >= 11 is 0. The van der Waals surface area contributed by atoms with Crippen molar-refractivity contribution in [2.45, 2.75) is 40.2 Å². The molecule has 0 aliphatic carbocycles. The van der Waals surface area contributed by atoms with Crippen LogP contribution in [0, 0.1) is 25.5 Å². The van der Waals surface area contributed by atoms with Crippen LogP contribution in [-0.4, -0.2) is 9.97 Å². The molecule has 0 unspecified atom stereocenters. The smallest absolute Gasteiger partial charge is 0.150 e. The molecule has 1 N–H and O–H groups in total. The average molecular weight is 330 g/mol. The largest absolute Gasteiger partial charge is 0.486 e. The molecule has 0 atom stereocenters. The number of pyridine rings is 1. The molecular weight excluding hydrogens is 310 g/mol. The number of ether oxygens (including phenoxy) is 1. The Balaban J connectivity index is 1.99. The normalized spacial score (nSPS) is 11.2. The highest BCUT2D eigenvalue weighted by Gasteiger charge is 2.15. The lowest BCUT2D eigenvalue weighted by Gasteiger charge is -2.12. The molecule has 2 heterocycles. The van der Waals surface area contributed by atoms with E-state index in [1.165, 1.54) is 12.1 Å². The van der Waals surface area contributed by atoms with Gasteiger partial charge in [0.25, 0.3) is 0 Å². The number of halogens is 2. The van der Waals surface area contributed by atoms with Crippen LogP contribution in [-0.2, 0) is 13.0 Å². The molecule has 0 aliphatic rings. The van der Waals surface area contributed by atoms with Crippen molar-refractivity contribution in [3.63, 3.8) is 0 Å². The zero-order chi connectivity index (χ0) is 17.3. The second kappa shape index (κ2) is 6.59. The number of hydrogen-bond donors (Lipinski definition) is 1. The highest BCUT2D eigenvalue weighted by Crippen LogP contribution is 2.32. The first-order chi connectivity index (χ1) is 11.5. The number of H-pyrrole nitrogens is 1. The van der Waals surface area contributed by atoms with Crippen LogP contribution >= 0.6 is 0 Å². The summed E-state index contributed by atoms with van der Waals surface area (Å²) in [5, 5.41) is 0. The highest BCUT2D eigenvalue weighted by atomic mass is 19.1. The van der Waals surface area contributed by atoms with Gasteiger partial charge in [0, 0.05) is 23.5 Å². The molecule has 0 amide bonds. The number of aromatic nitrogens is 2. The highest BCUT2D eigenvalue weighted by molar-refractivity contribution is 5.86. The van der Waals surface area contributed by atoms with E-state index in [0.29, 0.717) is 11.3 Å². The van der Waals surface area contributed by atoms with Crippen molar-refractivity contribution >= 4 is 11.0 Å². The van der Waals surface area contributed by atoms with Crippen molar-refractivity contribution < 1.29 is 13.5 Å². The number of hydrogen-bond acceptors (Lipinski definition) is 2. The first-order valence-corrected chi connectivity index (χ1v) is 8.04. The lowest BCUT2D eigenvalue weighted by Crippen LogP contribution is -2.01. The molecule has 1 aromatic carbocycles. The van der Waals surface area contributed by atoms with Crippen LogP contribution in [0.2, 0.25) is 0 Å². The van der Waals surface area contributed by atoms with Crippen LogP contribution in [0.5, 0.6) is 5.75 Å². The fraction of sp³-hybridized carbons (Fsp3) is 0.316. The number of aromatic amines is 1. The number of rotatable bonds is 5. The van der Waals surface area contributed by atoms with Crippen molar-refractivity contribution in [3.8, 4) is 5.75 Å². The predicted octanol–water partition coefficient (Wildman–Crippen LogP) is 4.99. The maximum Gasteiger partial charge on any atom is 0.150 e. The summed E-state index contributed by atoms with van der Waals surface area (Å²) in [4.78, 5) is 7.85. The molecule has 3 aromatic rings. The minimum atomic E-state index is -0.603. The van der Waals surface area contributed by atoms with Crippen molar-refractivity contribution in [2.75, 3.05) is 0 Å². The van der Waals surface area contributed by atoms with E-state index in [1.54, 1.807) is 0 Å². The molecule has 0 bridgehead atoms. The molecule has 24 heavy (non-hydrogen) atoms. The quantitative estimate of drug-likeness (QED) is 0.716. The molecule has 0 radical (unpaired) electrons. The number of benzene rings is 1. The molecule has 126 valence electrons. The summed E-state index contributed by atoms with van der Waals surface area (Å²) in [5.74, 6) is -0.495. The van der Waals surface area contributed by atoms with Crippen LogP contribution in [0.1, 0.15) is 35.7 Å². The van der Waals surface area contributed by atoms with Crippen LogP contribution in [0.4, 0.5) is 8.78 Å². The molecule has 0 saturated carbocycles. The SMILES string of the molecule is CCCc1cnc2c(C)c(C)[nH]c2c1OCc1cc(F)cc(F)c1. The van der Waals surface area contributed by atoms with E-state index < -0.39 is 11.6 Å². The Morgan fingerprint density at radius 3 is 2.50 bits per heavy atom. The molecule has 0 spiro atoms. The Labute approximate surface area is 139 Å². The Morgan fingerprint density at radius 2 is 1.83 bits per heavy atom. The Morgan fingerprint density at radius 1 is 1.12 bits per heavy atom. The number of fused-ring (bicyclic) bond motifs is 1. The van der Waals surface area contributed by atoms with Crippen LogP contribution in [0.15, 0.2) is 24.4 Å². The maximum atomic E-state index is 13.4. The topological polar surface area (TPSA) is 37.9 Å². The van der Waals surface area contributed by atoms with Gasteiger partial charge in [0.2, 0.25) is 0 Å². The van der Waals surface area contributed by atoms with Crippen molar-refractivity contribution in [1.29, 1.82) is 0 Å². The summed E-state index contributed by atoms with van der Waals surface area (Å²) in [6.07, 6.45) is 3.61. The second-order valence-corrected chi connectivity index (χ2v) is 6.03. The molecule has 3 rings (SSSR count). The predicted molar refractivity (Wildman–Crippen MR) is 90.3 cm³/mol. The van der Waals surface area contributed by atoms with Crippen molar-refractivity contribution in [3.05, 3.63) is 58.4 Å². The number of nitrogens with zero attached hydrogens (tertiary/aromatic N) is 1. The van der Waals surface area contributed by atoms with Crippen molar-refractivity contribution in [2.24, 2.45) is 0 Å². The molecule has 0 saturated heterocycles. The molecule has 3 nitrogen and oxygen atoms in total. The number of aryl methyl sites for hydroxylation is 3. The summed E-state index contributed by atoms with van der Waals surface area (Å²) in [5.41, 5.74) is 5.27. The average Bonchev–Trinajstić information content (AvgIpc) is 2.81. The van der Waals surface area contributed by atoms with Gasteiger partial charge in [-0.05, 0) is 43.5 Å². The maximum absolute atomic E-state index is 13.4. The van der Waals surface area contributed by atoms with Gasteiger partial charge in [0.1, 0.15) is 29.5 Å². The Bertz CT molecular complexity index is 866. The fourth-order valence-corrected chi connectivity index (χ4v) is 2.85. The van der Waals surface area contributed by atoms with Gasteiger partial charge in [0.05, 0.1) is 5.52 Å². The van der Waals surface area contributed by atoms with Gasteiger partial charge in [-0.2, -0.15) is 0 Å². The third-order valence-electron chi connectivity index (χ3n) is 4.16. The monoisotopic (exact) mass is 330 g/mol. The summed E-state index contributed by atoms with van der Waals surface area (Å²) in [6.45, 7) is 6.18. The summed E-state index contributed by atoms with van der Waals surface area (Å²) in [6, 6.07) is 3.42. The zero-order valence-electron chi connectivity index (χ0n) is 14.0. The minimum absolute atomic E-state index is 0.0988. The standard InChI is InChI=1S/C19H20F2N2O/c1-4-5-14-9-22-17-11(2)12(3)23-18(17)19(14)24-10-13-6-15(20)8-16(21)7-13/h6-9,23H,4-5,10H2,1-3H3. The lowest BCUT2D eigenvalue weighted by molar-refractivity contribution is 0.304. The second-order valence-electron chi connectivity index (χ2n) is 6.03. The Kier molecular flexibility index (Phi) is 4.51. The summed E-state index contributed by atoms with van der Waals surface area (Å²) < 4.78 is 32.7. The molecule has 0 fully saturated rings.